The van der Waals surface area contributed by atoms with Crippen LogP contribution in [0, 0.1) is 11.3 Å². The Kier molecular flexibility index (Phi) is 2.66. The molecule has 0 heterocycles. The van der Waals surface area contributed by atoms with E-state index >= 15 is 0 Å². The fourth-order valence-electron chi connectivity index (χ4n) is 2.29. The fraction of sp³-hybridized carbons (Fsp3) is 0. The Bertz CT molecular complexity index is 785. The second-order valence-electron chi connectivity index (χ2n) is 4.35. The minimum Gasteiger partial charge on any atom is -0.506 e. The topological polar surface area (TPSA) is 44.0 Å². The summed E-state index contributed by atoms with van der Waals surface area (Å²) in [5.74, 6) is 0.0550. The summed E-state index contributed by atoms with van der Waals surface area (Å²) < 4.78 is 0. The van der Waals surface area contributed by atoms with Crippen molar-refractivity contribution in [1.29, 1.82) is 5.26 Å². The van der Waals surface area contributed by atoms with Gasteiger partial charge in [0.05, 0.1) is 0 Å². The predicted molar refractivity (Wildman–Crippen MR) is 75.8 cm³/mol. The molecular weight excluding hydrogens is 234 g/mol. The highest BCUT2D eigenvalue weighted by Gasteiger charge is 2.13. The lowest BCUT2D eigenvalue weighted by atomic mass is 9.95. The molecule has 0 saturated carbocycles. The highest BCUT2D eigenvalue weighted by molar-refractivity contribution is 5.96. The van der Waals surface area contributed by atoms with Gasteiger partial charge in [0.2, 0.25) is 0 Å². The van der Waals surface area contributed by atoms with Crippen LogP contribution in [0.15, 0.2) is 60.7 Å². The Labute approximate surface area is 111 Å². The second-order valence-corrected chi connectivity index (χ2v) is 4.35. The molecule has 3 aromatic rings. The van der Waals surface area contributed by atoms with Crippen molar-refractivity contribution in [2.24, 2.45) is 0 Å². The Morgan fingerprint density at radius 1 is 0.895 bits per heavy atom. The highest BCUT2D eigenvalue weighted by atomic mass is 16.3. The summed E-state index contributed by atoms with van der Waals surface area (Å²) in [6.45, 7) is 0. The molecule has 90 valence electrons. The molecule has 0 atom stereocenters. The Hall–Kier alpha value is -2.79. The van der Waals surface area contributed by atoms with Gasteiger partial charge in [0.25, 0.3) is 0 Å². The molecule has 0 aliphatic heterocycles. The third kappa shape index (κ3) is 1.82. The van der Waals surface area contributed by atoms with Gasteiger partial charge < -0.3 is 5.11 Å². The number of hydrogen-bond acceptors (Lipinski definition) is 2. The van der Waals surface area contributed by atoms with E-state index in [1.54, 1.807) is 0 Å². The van der Waals surface area contributed by atoms with E-state index in [1.807, 2.05) is 60.7 Å². The first-order valence-electron chi connectivity index (χ1n) is 6.01. The zero-order chi connectivity index (χ0) is 13.2. The number of nitriles is 1. The van der Waals surface area contributed by atoms with Gasteiger partial charge in [-0.3, -0.25) is 0 Å². The van der Waals surface area contributed by atoms with Gasteiger partial charge in [-0.15, -0.1) is 0 Å². The zero-order valence-corrected chi connectivity index (χ0v) is 10.2. The normalized spacial score (nSPS) is 10.3. The Morgan fingerprint density at radius 3 is 2.32 bits per heavy atom. The lowest BCUT2D eigenvalue weighted by molar-refractivity contribution is 0.480. The smallest absolute Gasteiger partial charge is 0.141 e. The van der Waals surface area contributed by atoms with Gasteiger partial charge in [-0.25, -0.2) is 0 Å². The van der Waals surface area contributed by atoms with Crippen molar-refractivity contribution in [3.63, 3.8) is 0 Å². The fourth-order valence-corrected chi connectivity index (χ4v) is 2.29. The molecule has 0 aliphatic rings. The average Bonchev–Trinajstić information content (AvgIpc) is 2.48. The average molecular weight is 245 g/mol. The van der Waals surface area contributed by atoms with Crippen LogP contribution in [0.3, 0.4) is 0 Å². The van der Waals surface area contributed by atoms with Gasteiger partial charge in [0.15, 0.2) is 0 Å². The minimum absolute atomic E-state index is 0.0550. The van der Waals surface area contributed by atoms with Crippen molar-refractivity contribution < 1.29 is 5.11 Å². The summed E-state index contributed by atoms with van der Waals surface area (Å²) in [4.78, 5) is 0. The van der Waals surface area contributed by atoms with Gasteiger partial charge in [0, 0.05) is 10.9 Å². The summed E-state index contributed by atoms with van der Waals surface area (Å²) in [6.07, 6.45) is 0. The van der Waals surface area contributed by atoms with E-state index in [2.05, 4.69) is 6.07 Å². The summed E-state index contributed by atoms with van der Waals surface area (Å²) in [6, 6.07) is 21.2. The van der Waals surface area contributed by atoms with Crippen LogP contribution in [-0.2, 0) is 0 Å². The first kappa shape index (κ1) is 11.3. The first-order valence-corrected chi connectivity index (χ1v) is 6.01. The zero-order valence-electron chi connectivity index (χ0n) is 10.2. The molecule has 0 fully saturated rings. The van der Waals surface area contributed by atoms with E-state index in [-0.39, 0.29) is 5.75 Å². The molecule has 3 rings (SSSR count). The van der Waals surface area contributed by atoms with Crippen LogP contribution in [0.25, 0.3) is 21.9 Å². The Morgan fingerprint density at radius 2 is 1.58 bits per heavy atom. The van der Waals surface area contributed by atoms with E-state index in [0.29, 0.717) is 10.9 Å². The SMILES string of the molecule is N#Cc1c(-c2ccccc2)cc2ccccc2c1O. The van der Waals surface area contributed by atoms with Crippen molar-refractivity contribution in [2.75, 3.05) is 0 Å². The molecule has 0 bridgehead atoms. The number of phenolic OH excluding ortho intramolecular Hbond substituents is 1. The number of benzene rings is 3. The molecule has 2 heteroatoms. The van der Waals surface area contributed by atoms with E-state index in [0.717, 1.165) is 16.5 Å². The van der Waals surface area contributed by atoms with Gasteiger partial charge in [0.1, 0.15) is 17.4 Å². The van der Waals surface area contributed by atoms with Crippen molar-refractivity contribution in [1.82, 2.24) is 0 Å². The molecule has 0 amide bonds. The van der Waals surface area contributed by atoms with E-state index in [9.17, 15) is 10.4 Å². The number of aromatic hydroxyl groups is 1. The molecule has 0 aliphatic carbocycles. The summed E-state index contributed by atoms with van der Waals surface area (Å²) in [5.41, 5.74) is 2.02. The van der Waals surface area contributed by atoms with Crippen LogP contribution in [-0.4, -0.2) is 5.11 Å². The van der Waals surface area contributed by atoms with Crippen LogP contribution >= 0.6 is 0 Å². The van der Waals surface area contributed by atoms with Crippen molar-refractivity contribution in [3.8, 4) is 22.9 Å². The number of hydrogen-bond donors (Lipinski definition) is 1. The molecule has 0 saturated heterocycles. The van der Waals surface area contributed by atoms with Gasteiger partial charge in [-0.05, 0) is 17.0 Å². The van der Waals surface area contributed by atoms with Crippen molar-refractivity contribution in [2.45, 2.75) is 0 Å². The van der Waals surface area contributed by atoms with E-state index in [1.165, 1.54) is 0 Å². The van der Waals surface area contributed by atoms with Crippen LogP contribution in [0.5, 0.6) is 5.75 Å². The molecule has 2 nitrogen and oxygen atoms in total. The molecule has 0 radical (unpaired) electrons. The molecule has 0 spiro atoms. The first-order chi connectivity index (χ1) is 9.31. The van der Waals surface area contributed by atoms with Crippen LogP contribution in [0.1, 0.15) is 5.56 Å². The predicted octanol–water partition coefficient (Wildman–Crippen LogP) is 4.08. The van der Waals surface area contributed by atoms with Crippen LogP contribution in [0.2, 0.25) is 0 Å². The van der Waals surface area contributed by atoms with Gasteiger partial charge >= 0.3 is 0 Å². The summed E-state index contributed by atoms with van der Waals surface area (Å²) in [7, 11) is 0. The third-order valence-electron chi connectivity index (χ3n) is 3.22. The van der Waals surface area contributed by atoms with Crippen molar-refractivity contribution in [3.05, 3.63) is 66.2 Å². The molecule has 0 aromatic heterocycles. The summed E-state index contributed by atoms with van der Waals surface area (Å²) in [5, 5.41) is 21.2. The lowest BCUT2D eigenvalue weighted by Crippen LogP contribution is -1.87. The maximum Gasteiger partial charge on any atom is 0.141 e. The van der Waals surface area contributed by atoms with Gasteiger partial charge in [-0.2, -0.15) is 5.26 Å². The highest BCUT2D eigenvalue weighted by Crippen LogP contribution is 2.36. The largest absolute Gasteiger partial charge is 0.506 e. The number of phenols is 1. The molecule has 0 unspecified atom stereocenters. The van der Waals surface area contributed by atoms with Crippen molar-refractivity contribution >= 4 is 10.8 Å². The minimum atomic E-state index is 0.0550. The third-order valence-corrected chi connectivity index (χ3v) is 3.22. The summed E-state index contributed by atoms with van der Waals surface area (Å²) >= 11 is 0. The Balaban J connectivity index is 2.40. The maximum absolute atomic E-state index is 10.3. The monoisotopic (exact) mass is 245 g/mol. The van der Waals surface area contributed by atoms with Gasteiger partial charge in [-0.1, -0.05) is 54.6 Å². The molecule has 19 heavy (non-hydrogen) atoms. The number of fused-ring (bicyclic) bond motifs is 1. The molecular formula is C17H11NO. The second kappa shape index (κ2) is 4.47. The quantitative estimate of drug-likeness (QED) is 0.701. The maximum atomic E-state index is 10.3. The standard InChI is InChI=1S/C17H11NO/c18-11-16-15(12-6-2-1-3-7-12)10-13-8-4-5-9-14(13)17(16)19/h1-10,19H. The molecule has 3 aromatic carbocycles. The molecule has 1 N–H and O–H groups in total. The van der Waals surface area contributed by atoms with Crippen LogP contribution in [0.4, 0.5) is 0 Å². The van der Waals surface area contributed by atoms with E-state index < -0.39 is 0 Å². The lowest BCUT2D eigenvalue weighted by Gasteiger charge is -2.09. The number of rotatable bonds is 1. The number of nitrogens with zero attached hydrogens (tertiary/aromatic N) is 1. The van der Waals surface area contributed by atoms with Crippen LogP contribution < -0.4 is 0 Å². The van der Waals surface area contributed by atoms with E-state index in [4.69, 9.17) is 0 Å².